The zero-order chi connectivity index (χ0) is 35.0. The lowest BCUT2D eigenvalue weighted by molar-refractivity contribution is -0.374. The number of aromatic nitrogens is 4. The van der Waals surface area contributed by atoms with E-state index in [0.29, 0.717) is 17.0 Å². The smallest absolute Gasteiger partial charge is 0.297 e. The van der Waals surface area contributed by atoms with Gasteiger partial charge in [-0.25, -0.2) is 9.97 Å². The van der Waals surface area contributed by atoms with E-state index < -0.39 is 0 Å². The number of aromatic amines is 2. The van der Waals surface area contributed by atoms with Crippen LogP contribution in [0.15, 0.2) is 70.1 Å². The minimum absolute atomic E-state index is 0.0338. The van der Waals surface area contributed by atoms with Gasteiger partial charge in [-0.1, -0.05) is 0 Å². The van der Waals surface area contributed by atoms with Crippen LogP contribution in [0.2, 0.25) is 0 Å². The number of hydrogen-bond acceptors (Lipinski definition) is 8. The molecule has 7 nitrogen and oxygen atoms in total. The molecule has 0 aromatic carbocycles. The van der Waals surface area contributed by atoms with E-state index in [4.69, 9.17) is 9.97 Å². The molecular weight excluding hydrogens is 711 g/mol. The van der Waals surface area contributed by atoms with Crippen molar-refractivity contribution in [2.24, 2.45) is 0 Å². The number of hydrogen-bond donors (Lipinski definition) is 2. The van der Waals surface area contributed by atoms with E-state index in [1.54, 1.807) is 51.4 Å². The van der Waals surface area contributed by atoms with E-state index in [-0.39, 0.29) is 10.6 Å². The average Bonchev–Trinajstić information content (AvgIpc) is 3.95. The molecule has 9 rings (SSSR count). The van der Waals surface area contributed by atoms with Crippen LogP contribution in [0.1, 0.15) is 45.0 Å². The molecule has 250 valence electrons. The highest BCUT2D eigenvalue weighted by molar-refractivity contribution is 7.14. The minimum atomic E-state index is -0.307. The van der Waals surface area contributed by atoms with Gasteiger partial charge in [0.1, 0.15) is 0 Å². The fraction of sp³-hybridized carbons (Fsp3) is 0.100. The third-order valence-corrected chi connectivity index (χ3v) is 13.5. The van der Waals surface area contributed by atoms with Crippen LogP contribution in [0, 0.1) is 37.8 Å². The fourth-order valence-corrected chi connectivity index (χ4v) is 10.8. The Hall–Kier alpha value is -5.20. The van der Waals surface area contributed by atoms with Gasteiger partial charge in [0.25, 0.3) is 5.70 Å². The molecule has 0 saturated carbocycles. The third-order valence-electron chi connectivity index (χ3n) is 9.40. The standard InChI is InChI=1S/C40H29N5O2S4/c1-20-11-15-48-37(20)32-24-5-6-25(41-24)33(38-21(2)12-16-49-38)27-9-10-29(43-27)35(40-23(4)14-18-51-40)36-31(45(46)47)19-30(44-36)34(28-8-7-26(32)42-28)39-22(3)13-17-50-39/h5-19,42-43H,1-4H3. The summed E-state index contributed by atoms with van der Waals surface area (Å²) in [5.41, 5.74) is 13.9. The Kier molecular flexibility index (Phi) is 7.62. The van der Waals surface area contributed by atoms with Crippen LogP contribution in [-0.2, 0) is 0 Å². The summed E-state index contributed by atoms with van der Waals surface area (Å²) in [4.78, 5) is 34.8. The molecule has 2 aliphatic rings. The molecule has 2 aliphatic heterocycles. The molecule has 0 aliphatic carbocycles. The molecule has 0 atom stereocenters. The van der Waals surface area contributed by atoms with E-state index >= 15 is 0 Å². The SMILES string of the molecule is Cc1ccsc1-c1c2nc(c(-c3sccc3C)c3ccc([nH]3)c(-c3sccc3C)c3nc(c(-c4sccc4C)c4ccc1[nH]4)C=C3[N+](=O)[O-])C=C2. The highest BCUT2D eigenvalue weighted by Gasteiger charge is 2.30. The van der Waals surface area contributed by atoms with E-state index in [1.165, 1.54) is 5.56 Å². The van der Waals surface area contributed by atoms with Gasteiger partial charge in [0.15, 0.2) is 5.69 Å². The summed E-state index contributed by atoms with van der Waals surface area (Å²) >= 11 is 6.53. The molecule has 2 N–H and O–H groups in total. The maximum Gasteiger partial charge on any atom is 0.297 e. The predicted octanol–water partition coefficient (Wildman–Crippen LogP) is 12.4. The minimum Gasteiger partial charge on any atom is -0.354 e. The summed E-state index contributed by atoms with van der Waals surface area (Å²) in [6, 6.07) is 16.6. The fourth-order valence-electron chi connectivity index (χ4n) is 6.88. The second-order valence-corrected chi connectivity index (χ2v) is 16.3. The van der Waals surface area contributed by atoms with E-state index in [2.05, 4.69) is 95.4 Å². The average molecular weight is 740 g/mol. The molecule has 7 aromatic heterocycles. The summed E-state index contributed by atoms with van der Waals surface area (Å²) in [5, 5.41) is 21.2. The zero-order valence-corrected chi connectivity index (χ0v) is 31.2. The number of nitro groups is 1. The molecule has 0 amide bonds. The Bertz CT molecular complexity index is 2800. The second-order valence-electron chi connectivity index (χ2n) is 12.7. The lowest BCUT2D eigenvalue weighted by Crippen LogP contribution is -1.98. The van der Waals surface area contributed by atoms with Crippen molar-refractivity contribution < 1.29 is 4.92 Å². The number of fused-ring (bicyclic) bond motifs is 8. The number of thiophene rings is 4. The van der Waals surface area contributed by atoms with Crippen molar-refractivity contribution in [1.82, 2.24) is 19.9 Å². The summed E-state index contributed by atoms with van der Waals surface area (Å²) in [5.74, 6) is 0. The maximum absolute atomic E-state index is 12.9. The monoisotopic (exact) mass is 739 g/mol. The van der Waals surface area contributed by atoms with Crippen LogP contribution in [0.5, 0.6) is 0 Å². The third kappa shape index (κ3) is 5.19. The van der Waals surface area contributed by atoms with Crippen molar-refractivity contribution in [3.05, 3.63) is 125 Å². The zero-order valence-electron chi connectivity index (χ0n) is 28.0. The topological polar surface area (TPSA) is 100 Å². The molecule has 0 fully saturated rings. The molecule has 7 aromatic rings. The van der Waals surface area contributed by atoms with Crippen LogP contribution in [0.25, 0.3) is 87.8 Å². The van der Waals surface area contributed by atoms with Crippen molar-refractivity contribution in [1.29, 1.82) is 0 Å². The number of rotatable bonds is 5. The Morgan fingerprint density at radius 1 is 0.529 bits per heavy atom. The molecule has 9 heterocycles. The first-order valence-electron chi connectivity index (χ1n) is 16.3. The first kappa shape index (κ1) is 31.8. The molecule has 0 saturated heterocycles. The van der Waals surface area contributed by atoms with E-state index in [1.807, 2.05) is 24.4 Å². The van der Waals surface area contributed by atoms with Crippen LogP contribution in [0.4, 0.5) is 0 Å². The molecule has 11 heteroatoms. The van der Waals surface area contributed by atoms with Crippen molar-refractivity contribution in [3.63, 3.8) is 0 Å². The van der Waals surface area contributed by atoms with Gasteiger partial charge in [0.05, 0.1) is 22.0 Å². The molecule has 0 spiro atoms. The Labute approximate surface area is 309 Å². The van der Waals surface area contributed by atoms with Crippen LogP contribution >= 0.6 is 45.3 Å². The number of nitrogens with one attached hydrogen (secondary N) is 2. The first-order valence-corrected chi connectivity index (χ1v) is 19.8. The Morgan fingerprint density at radius 3 is 1.27 bits per heavy atom. The van der Waals surface area contributed by atoms with Gasteiger partial charge in [-0.15, -0.1) is 45.3 Å². The molecule has 51 heavy (non-hydrogen) atoms. The van der Waals surface area contributed by atoms with Gasteiger partial charge in [-0.3, -0.25) is 10.1 Å². The van der Waals surface area contributed by atoms with Crippen molar-refractivity contribution >= 4 is 91.3 Å². The highest BCUT2D eigenvalue weighted by Crippen LogP contribution is 2.44. The van der Waals surface area contributed by atoms with Crippen LogP contribution in [0.3, 0.4) is 0 Å². The van der Waals surface area contributed by atoms with Crippen molar-refractivity contribution in [2.45, 2.75) is 27.7 Å². The lowest BCUT2D eigenvalue weighted by Gasteiger charge is -2.06. The largest absolute Gasteiger partial charge is 0.354 e. The Morgan fingerprint density at radius 2 is 0.902 bits per heavy atom. The maximum atomic E-state index is 12.9. The van der Waals surface area contributed by atoms with Crippen molar-refractivity contribution in [3.8, 4) is 41.8 Å². The summed E-state index contributed by atoms with van der Waals surface area (Å²) < 4.78 is 0. The van der Waals surface area contributed by atoms with Gasteiger partial charge >= 0.3 is 0 Å². The van der Waals surface area contributed by atoms with Gasteiger partial charge < -0.3 is 9.97 Å². The van der Waals surface area contributed by atoms with Gasteiger partial charge in [0.2, 0.25) is 0 Å². The Balaban J connectivity index is 1.54. The van der Waals surface area contributed by atoms with Crippen LogP contribution < -0.4 is 0 Å². The molecule has 0 radical (unpaired) electrons. The number of aryl methyl sites for hydroxylation is 4. The van der Waals surface area contributed by atoms with Gasteiger partial charge in [-0.05, 0) is 132 Å². The number of nitrogens with zero attached hydrogens (tertiary/aromatic N) is 3. The van der Waals surface area contributed by atoms with Gasteiger partial charge in [0, 0.05) is 69.9 Å². The first-order chi connectivity index (χ1) is 24.8. The van der Waals surface area contributed by atoms with Crippen LogP contribution in [-0.4, -0.2) is 24.9 Å². The van der Waals surface area contributed by atoms with E-state index in [0.717, 1.165) is 86.3 Å². The van der Waals surface area contributed by atoms with Crippen molar-refractivity contribution in [2.75, 3.05) is 0 Å². The second kappa shape index (κ2) is 12.2. The highest BCUT2D eigenvalue weighted by atomic mass is 32.1. The molecular formula is C40H29N5O2S4. The summed E-state index contributed by atoms with van der Waals surface area (Å²) in [6.07, 6.45) is 5.86. The molecule has 0 unspecified atom stereocenters. The quantitative estimate of drug-likeness (QED) is 0.136. The lowest BCUT2D eigenvalue weighted by atomic mass is 10.1. The number of H-pyrrole nitrogens is 2. The summed E-state index contributed by atoms with van der Waals surface area (Å²) in [6.45, 7) is 8.35. The van der Waals surface area contributed by atoms with Gasteiger partial charge in [-0.2, -0.15) is 0 Å². The predicted molar refractivity (Wildman–Crippen MR) is 217 cm³/mol. The molecule has 8 bridgehead atoms. The summed E-state index contributed by atoms with van der Waals surface area (Å²) in [7, 11) is 0. The van der Waals surface area contributed by atoms with E-state index in [9.17, 15) is 10.1 Å². The normalized spacial score (nSPS) is 12.5.